The SMILES string of the molecule is CC/C(C)=C(/C=C(/Cn1cnc(C(F)(F)CF)c(Oc2cc(Cl)cc(C#N)c2)c1=O)C(=O)NC)C(C)(F)F. The van der Waals surface area contributed by atoms with E-state index in [-0.39, 0.29) is 33.9 Å². The van der Waals surface area contributed by atoms with E-state index in [1.807, 2.05) is 0 Å². The van der Waals surface area contributed by atoms with E-state index in [9.17, 15) is 31.5 Å². The van der Waals surface area contributed by atoms with Crippen molar-refractivity contribution in [2.75, 3.05) is 13.7 Å². The fourth-order valence-electron chi connectivity index (χ4n) is 3.32. The highest BCUT2D eigenvalue weighted by atomic mass is 35.5. The zero-order chi connectivity index (χ0) is 28.8. The van der Waals surface area contributed by atoms with Crippen LogP contribution in [-0.4, -0.2) is 35.1 Å². The molecule has 13 heteroatoms. The maximum atomic E-state index is 14.4. The van der Waals surface area contributed by atoms with Crippen LogP contribution in [0.5, 0.6) is 11.5 Å². The second-order valence-corrected chi connectivity index (χ2v) is 8.70. The van der Waals surface area contributed by atoms with E-state index in [0.717, 1.165) is 18.2 Å². The third-order valence-electron chi connectivity index (χ3n) is 5.37. The van der Waals surface area contributed by atoms with Gasteiger partial charge in [-0.1, -0.05) is 24.1 Å². The number of aromatic nitrogens is 2. The summed E-state index contributed by atoms with van der Waals surface area (Å²) >= 11 is 5.91. The van der Waals surface area contributed by atoms with Crippen LogP contribution in [0, 0.1) is 11.3 Å². The van der Waals surface area contributed by atoms with Gasteiger partial charge in [-0.05, 0) is 37.6 Å². The van der Waals surface area contributed by atoms with Crippen LogP contribution in [0.25, 0.3) is 0 Å². The molecule has 0 bridgehead atoms. The fourth-order valence-corrected chi connectivity index (χ4v) is 3.54. The van der Waals surface area contributed by atoms with Crippen molar-refractivity contribution >= 4 is 17.5 Å². The lowest BCUT2D eigenvalue weighted by Gasteiger charge is -2.19. The predicted molar refractivity (Wildman–Crippen MR) is 130 cm³/mol. The van der Waals surface area contributed by atoms with Crippen LogP contribution in [0.15, 0.2) is 52.1 Å². The first-order valence-corrected chi connectivity index (χ1v) is 11.5. The van der Waals surface area contributed by atoms with Crippen molar-refractivity contribution in [2.45, 2.75) is 45.6 Å². The summed E-state index contributed by atoms with van der Waals surface area (Å²) in [4.78, 5) is 29.3. The highest BCUT2D eigenvalue weighted by Crippen LogP contribution is 2.35. The Bertz CT molecular complexity index is 1370. The Kier molecular flexibility index (Phi) is 9.81. The number of nitrogens with zero attached hydrogens (tertiary/aromatic N) is 3. The zero-order valence-corrected chi connectivity index (χ0v) is 21.6. The van der Waals surface area contributed by atoms with Crippen LogP contribution in [0.4, 0.5) is 22.0 Å². The largest absolute Gasteiger partial charge is 0.449 e. The second kappa shape index (κ2) is 12.2. The smallest absolute Gasteiger partial charge is 0.321 e. The molecule has 1 amide bonds. The summed E-state index contributed by atoms with van der Waals surface area (Å²) in [6.45, 7) is 0.868. The van der Waals surface area contributed by atoms with E-state index in [2.05, 4.69) is 10.3 Å². The molecule has 1 N–H and O–H groups in total. The van der Waals surface area contributed by atoms with Gasteiger partial charge in [-0.2, -0.15) is 14.0 Å². The van der Waals surface area contributed by atoms with Crippen molar-refractivity contribution in [1.29, 1.82) is 5.26 Å². The number of nitrogens with one attached hydrogen (secondary N) is 1. The molecule has 2 rings (SSSR count). The number of allylic oxidation sites excluding steroid dienone is 3. The first-order chi connectivity index (χ1) is 17.7. The third-order valence-corrected chi connectivity index (χ3v) is 5.59. The van der Waals surface area contributed by atoms with Crippen LogP contribution in [-0.2, 0) is 17.3 Å². The minimum Gasteiger partial charge on any atom is -0.449 e. The molecule has 0 saturated carbocycles. The first-order valence-electron chi connectivity index (χ1n) is 11.1. The van der Waals surface area contributed by atoms with Gasteiger partial charge >= 0.3 is 5.92 Å². The molecule has 0 saturated heterocycles. The van der Waals surface area contributed by atoms with Crippen LogP contribution in [0.3, 0.4) is 0 Å². The Morgan fingerprint density at radius 2 is 1.95 bits per heavy atom. The standard InChI is InChI=1S/C25H24ClF5N4O3/c1-5-14(2)19(24(3,28)29)8-16(22(36)33-4)11-35-13-34-21(25(30,31)12-27)20(23(35)37)38-18-7-15(10-32)6-17(26)9-18/h6-9,13H,5,11-12H2,1-4H3,(H,33,36)/b16-8-,19-14-. The van der Waals surface area contributed by atoms with E-state index in [0.29, 0.717) is 17.8 Å². The number of benzene rings is 1. The van der Waals surface area contributed by atoms with Gasteiger partial charge in [0.05, 0.1) is 24.5 Å². The van der Waals surface area contributed by atoms with E-state index >= 15 is 0 Å². The van der Waals surface area contributed by atoms with E-state index < -0.39 is 53.5 Å². The molecule has 1 heterocycles. The van der Waals surface area contributed by atoms with Crippen molar-refractivity contribution in [2.24, 2.45) is 0 Å². The molecule has 38 heavy (non-hydrogen) atoms. The summed E-state index contributed by atoms with van der Waals surface area (Å²) < 4.78 is 76.5. The van der Waals surface area contributed by atoms with Gasteiger partial charge in [-0.25, -0.2) is 18.2 Å². The summed E-state index contributed by atoms with van der Waals surface area (Å²) in [5, 5.41) is 11.4. The minimum absolute atomic E-state index is 0.0157. The molecule has 0 atom stereocenters. The number of hydrogen-bond donors (Lipinski definition) is 1. The number of rotatable bonds is 10. The van der Waals surface area contributed by atoms with Gasteiger partial charge in [-0.15, -0.1) is 0 Å². The van der Waals surface area contributed by atoms with E-state index in [1.54, 1.807) is 13.0 Å². The van der Waals surface area contributed by atoms with Crippen molar-refractivity contribution in [3.8, 4) is 17.6 Å². The Balaban J connectivity index is 2.75. The molecule has 204 valence electrons. The molecule has 7 nitrogen and oxygen atoms in total. The maximum absolute atomic E-state index is 14.4. The maximum Gasteiger partial charge on any atom is 0.321 e. The lowest BCUT2D eigenvalue weighted by atomic mass is 9.98. The number of ether oxygens (including phenoxy) is 1. The molecule has 1 aromatic carbocycles. The molecule has 0 aliphatic rings. The predicted octanol–water partition coefficient (Wildman–Crippen LogP) is 5.68. The van der Waals surface area contributed by atoms with Gasteiger partial charge in [0, 0.05) is 30.1 Å². The minimum atomic E-state index is -4.23. The second-order valence-electron chi connectivity index (χ2n) is 8.27. The van der Waals surface area contributed by atoms with Gasteiger partial charge < -0.3 is 10.1 Å². The summed E-state index contributed by atoms with van der Waals surface area (Å²) in [7, 11) is 1.24. The topological polar surface area (TPSA) is 97.0 Å². The first kappa shape index (κ1) is 30.5. The number of nitriles is 1. The van der Waals surface area contributed by atoms with Crippen LogP contribution < -0.4 is 15.6 Å². The quantitative estimate of drug-likeness (QED) is 0.230. The number of likely N-dealkylation sites (N-methyl/N-ethyl adjacent to an activating group) is 1. The third kappa shape index (κ3) is 7.19. The Morgan fingerprint density at radius 1 is 1.29 bits per heavy atom. The highest BCUT2D eigenvalue weighted by Gasteiger charge is 2.39. The molecule has 0 aliphatic heterocycles. The van der Waals surface area contributed by atoms with Gasteiger partial charge in [0.1, 0.15) is 5.75 Å². The average Bonchev–Trinajstić information content (AvgIpc) is 2.86. The Morgan fingerprint density at radius 3 is 2.47 bits per heavy atom. The Hall–Kier alpha value is -3.72. The number of carbonyl (C=O) groups is 1. The van der Waals surface area contributed by atoms with Crippen molar-refractivity contribution < 1.29 is 31.5 Å². The molecule has 0 aliphatic carbocycles. The van der Waals surface area contributed by atoms with Crippen molar-refractivity contribution in [3.63, 3.8) is 0 Å². The van der Waals surface area contributed by atoms with Crippen LogP contribution in [0.1, 0.15) is 38.4 Å². The van der Waals surface area contributed by atoms with Crippen molar-refractivity contribution in [3.05, 3.63) is 74.0 Å². The van der Waals surface area contributed by atoms with Gasteiger partial charge in [0.25, 0.3) is 11.5 Å². The normalized spacial score (nSPS) is 13.0. The lowest BCUT2D eigenvalue weighted by molar-refractivity contribution is -0.117. The van der Waals surface area contributed by atoms with E-state index in [4.69, 9.17) is 21.6 Å². The summed E-state index contributed by atoms with van der Waals surface area (Å²) in [6.07, 6.45) is 1.79. The zero-order valence-electron chi connectivity index (χ0n) is 20.8. The number of amides is 1. The highest BCUT2D eigenvalue weighted by molar-refractivity contribution is 6.30. The number of hydrogen-bond acceptors (Lipinski definition) is 5. The molecule has 0 spiro atoms. The molecule has 1 aromatic heterocycles. The monoisotopic (exact) mass is 558 g/mol. The Labute approximate surface area is 220 Å². The number of carbonyl (C=O) groups excluding carboxylic acids is 1. The molecular formula is C25H24ClF5N4O3. The van der Waals surface area contributed by atoms with Gasteiger partial charge in [0.15, 0.2) is 12.4 Å². The van der Waals surface area contributed by atoms with Gasteiger partial charge in [-0.3, -0.25) is 14.2 Å². The lowest BCUT2D eigenvalue weighted by Crippen LogP contribution is -2.31. The van der Waals surface area contributed by atoms with E-state index in [1.165, 1.54) is 20.0 Å². The number of alkyl halides is 5. The number of halogens is 6. The average molecular weight is 559 g/mol. The molecule has 0 radical (unpaired) electrons. The molecule has 0 fully saturated rings. The molecule has 2 aromatic rings. The summed E-state index contributed by atoms with van der Waals surface area (Å²) in [5.74, 6) is -9.79. The molecular weight excluding hydrogens is 535 g/mol. The summed E-state index contributed by atoms with van der Waals surface area (Å²) in [6, 6.07) is 5.25. The van der Waals surface area contributed by atoms with Gasteiger partial charge in [0.2, 0.25) is 11.7 Å². The van der Waals surface area contributed by atoms with Crippen LogP contribution in [0.2, 0.25) is 5.02 Å². The summed E-state index contributed by atoms with van der Waals surface area (Å²) in [5.41, 5.74) is -3.12. The van der Waals surface area contributed by atoms with Crippen LogP contribution >= 0.6 is 11.6 Å². The fraction of sp³-hybridized carbons (Fsp3) is 0.360. The molecule has 0 unspecified atom stereocenters. The van der Waals surface area contributed by atoms with Crippen molar-refractivity contribution in [1.82, 2.24) is 14.9 Å².